The summed E-state index contributed by atoms with van der Waals surface area (Å²) in [5.74, 6) is 3.17. The Bertz CT molecular complexity index is 457. The van der Waals surface area contributed by atoms with Crippen LogP contribution in [0.25, 0.3) is 0 Å². The number of hydrogen-bond donors (Lipinski definition) is 1. The molecule has 0 saturated heterocycles. The van der Waals surface area contributed by atoms with Crippen LogP contribution >= 0.6 is 0 Å². The van der Waals surface area contributed by atoms with Crippen molar-refractivity contribution in [1.29, 1.82) is 0 Å². The summed E-state index contributed by atoms with van der Waals surface area (Å²) in [7, 11) is 0. The molecule has 3 aliphatic rings. The van der Waals surface area contributed by atoms with E-state index in [0.717, 1.165) is 12.8 Å². The molecular formula is C20H32O2. The second kappa shape index (κ2) is 5.78. The van der Waals surface area contributed by atoms with Crippen molar-refractivity contribution in [3.63, 3.8) is 0 Å². The summed E-state index contributed by atoms with van der Waals surface area (Å²) in [6.07, 6.45) is 7.96. The quantitative estimate of drug-likeness (QED) is 0.775. The minimum atomic E-state index is -0.558. The third kappa shape index (κ3) is 2.06. The maximum atomic E-state index is 13.0. The minimum absolute atomic E-state index is 0.112. The molecule has 0 aromatic rings. The normalized spacial score (nSPS) is 51.5. The standard InChI is InChI=1S/C20H32O2/c1-5-18(21)20-14(4)12(2)9-10-17(20)15-8-6-7-13(3)16(15)11-19(20)22/h5,12-17,19,22H,1,6-11H2,2-4H3/t12?,13-,14?,15?,16?,17?,19+,20-/m0/s1. The lowest BCUT2D eigenvalue weighted by atomic mass is 9.43. The van der Waals surface area contributed by atoms with Gasteiger partial charge >= 0.3 is 0 Å². The minimum Gasteiger partial charge on any atom is -0.392 e. The molecule has 0 heterocycles. The van der Waals surface area contributed by atoms with Crippen LogP contribution in [0.15, 0.2) is 12.7 Å². The molecule has 3 fully saturated rings. The molecular weight excluding hydrogens is 272 g/mol. The molecule has 3 aliphatic carbocycles. The number of hydrogen-bond acceptors (Lipinski definition) is 2. The molecule has 8 atom stereocenters. The van der Waals surface area contributed by atoms with Crippen molar-refractivity contribution in [2.24, 2.45) is 40.9 Å². The fourth-order valence-electron chi connectivity index (χ4n) is 6.49. The smallest absolute Gasteiger partial charge is 0.164 e. The van der Waals surface area contributed by atoms with Crippen LogP contribution in [0.5, 0.6) is 0 Å². The summed E-state index contributed by atoms with van der Waals surface area (Å²) in [6.45, 7) is 10.6. The van der Waals surface area contributed by atoms with Gasteiger partial charge in [0.05, 0.1) is 11.5 Å². The molecule has 0 bridgehead atoms. The van der Waals surface area contributed by atoms with E-state index >= 15 is 0 Å². The molecule has 3 rings (SSSR count). The summed E-state index contributed by atoms with van der Waals surface area (Å²) < 4.78 is 0. The first-order valence-electron chi connectivity index (χ1n) is 9.29. The van der Waals surface area contributed by atoms with E-state index in [1.54, 1.807) is 0 Å². The van der Waals surface area contributed by atoms with E-state index < -0.39 is 11.5 Å². The second-order valence-electron chi connectivity index (χ2n) is 8.44. The number of carbonyl (C=O) groups is 1. The molecule has 5 unspecified atom stereocenters. The van der Waals surface area contributed by atoms with Crippen molar-refractivity contribution in [3.8, 4) is 0 Å². The largest absolute Gasteiger partial charge is 0.392 e. The molecule has 0 spiro atoms. The summed E-state index contributed by atoms with van der Waals surface area (Å²) in [5, 5.41) is 11.1. The molecule has 22 heavy (non-hydrogen) atoms. The van der Waals surface area contributed by atoms with Gasteiger partial charge in [0.2, 0.25) is 0 Å². The zero-order chi connectivity index (χ0) is 16.1. The topological polar surface area (TPSA) is 37.3 Å². The van der Waals surface area contributed by atoms with E-state index in [2.05, 4.69) is 27.4 Å². The first kappa shape index (κ1) is 16.2. The van der Waals surface area contributed by atoms with Crippen LogP contribution in [-0.2, 0) is 4.79 Å². The van der Waals surface area contributed by atoms with Gasteiger partial charge in [0, 0.05) is 0 Å². The summed E-state index contributed by atoms with van der Waals surface area (Å²) in [6, 6.07) is 0. The van der Waals surface area contributed by atoms with Gasteiger partial charge in [-0.2, -0.15) is 0 Å². The van der Waals surface area contributed by atoms with Gasteiger partial charge in [-0.15, -0.1) is 0 Å². The molecule has 1 N–H and O–H groups in total. The Morgan fingerprint density at radius 1 is 1.09 bits per heavy atom. The van der Waals surface area contributed by atoms with Crippen molar-refractivity contribution < 1.29 is 9.90 Å². The third-order valence-corrected chi connectivity index (χ3v) is 7.81. The number of rotatable bonds is 2. The number of aliphatic hydroxyl groups is 1. The zero-order valence-corrected chi connectivity index (χ0v) is 14.4. The average Bonchev–Trinajstić information content (AvgIpc) is 2.51. The SMILES string of the molecule is C=CC(=O)[C@]12C(C)C(C)CCC1C1CCC[C@H](C)C1C[C@H]2O. The van der Waals surface area contributed by atoms with Crippen LogP contribution in [0.4, 0.5) is 0 Å². The van der Waals surface area contributed by atoms with E-state index in [9.17, 15) is 9.90 Å². The number of ketones is 1. The van der Waals surface area contributed by atoms with Crippen LogP contribution in [0.3, 0.4) is 0 Å². The third-order valence-electron chi connectivity index (χ3n) is 7.81. The Hall–Kier alpha value is -0.630. The van der Waals surface area contributed by atoms with Crippen molar-refractivity contribution in [2.75, 3.05) is 0 Å². The van der Waals surface area contributed by atoms with Crippen LogP contribution in [-0.4, -0.2) is 17.0 Å². The fourth-order valence-corrected chi connectivity index (χ4v) is 6.49. The second-order valence-corrected chi connectivity index (χ2v) is 8.44. The van der Waals surface area contributed by atoms with E-state index in [0.29, 0.717) is 29.6 Å². The molecule has 2 nitrogen and oxygen atoms in total. The van der Waals surface area contributed by atoms with Crippen molar-refractivity contribution in [2.45, 2.75) is 65.4 Å². The van der Waals surface area contributed by atoms with Gasteiger partial charge in [-0.05, 0) is 60.8 Å². The van der Waals surface area contributed by atoms with Crippen molar-refractivity contribution in [1.82, 2.24) is 0 Å². The van der Waals surface area contributed by atoms with Gasteiger partial charge in [-0.1, -0.05) is 46.6 Å². The highest BCUT2D eigenvalue weighted by Gasteiger charge is 2.62. The monoisotopic (exact) mass is 304 g/mol. The number of fused-ring (bicyclic) bond motifs is 3. The Morgan fingerprint density at radius 3 is 2.50 bits per heavy atom. The molecule has 124 valence electrons. The van der Waals surface area contributed by atoms with Crippen LogP contribution in [0, 0.1) is 40.9 Å². The highest BCUT2D eigenvalue weighted by atomic mass is 16.3. The van der Waals surface area contributed by atoms with Gasteiger partial charge < -0.3 is 5.11 Å². The number of carbonyl (C=O) groups excluding carboxylic acids is 1. The Balaban J connectivity index is 2.06. The molecule has 2 heteroatoms. The summed E-state index contributed by atoms with van der Waals surface area (Å²) >= 11 is 0. The molecule has 0 aromatic carbocycles. The Kier molecular flexibility index (Phi) is 4.26. The van der Waals surface area contributed by atoms with E-state index in [1.807, 2.05) is 0 Å². The summed E-state index contributed by atoms with van der Waals surface area (Å²) in [4.78, 5) is 13.0. The highest BCUT2D eigenvalue weighted by molar-refractivity contribution is 5.95. The zero-order valence-electron chi connectivity index (χ0n) is 14.4. The first-order valence-corrected chi connectivity index (χ1v) is 9.29. The van der Waals surface area contributed by atoms with Crippen LogP contribution in [0.2, 0.25) is 0 Å². The lowest BCUT2D eigenvalue weighted by molar-refractivity contribution is -0.185. The van der Waals surface area contributed by atoms with Gasteiger partial charge in [-0.25, -0.2) is 0 Å². The lowest BCUT2D eigenvalue weighted by Crippen LogP contribution is -2.63. The highest BCUT2D eigenvalue weighted by Crippen LogP contribution is 2.62. The molecule has 0 radical (unpaired) electrons. The van der Waals surface area contributed by atoms with Crippen molar-refractivity contribution >= 4 is 5.78 Å². The van der Waals surface area contributed by atoms with Gasteiger partial charge in [0.1, 0.15) is 0 Å². The number of aliphatic hydroxyl groups excluding tert-OH is 1. The Labute approximate surface area is 135 Å². The van der Waals surface area contributed by atoms with Gasteiger partial charge in [0.25, 0.3) is 0 Å². The number of allylic oxidation sites excluding steroid dienone is 1. The maximum absolute atomic E-state index is 13.0. The van der Waals surface area contributed by atoms with E-state index in [1.165, 1.54) is 31.8 Å². The van der Waals surface area contributed by atoms with Gasteiger partial charge in [0.15, 0.2) is 5.78 Å². The Morgan fingerprint density at radius 2 is 1.82 bits per heavy atom. The van der Waals surface area contributed by atoms with E-state index in [-0.39, 0.29) is 11.7 Å². The van der Waals surface area contributed by atoms with Crippen LogP contribution in [0.1, 0.15) is 59.3 Å². The van der Waals surface area contributed by atoms with Crippen LogP contribution < -0.4 is 0 Å². The predicted molar refractivity (Wildman–Crippen MR) is 89.3 cm³/mol. The molecule has 3 saturated carbocycles. The van der Waals surface area contributed by atoms with Gasteiger partial charge in [-0.3, -0.25) is 4.79 Å². The fraction of sp³-hybridized carbons (Fsp3) is 0.850. The molecule has 0 amide bonds. The molecule has 0 aromatic heterocycles. The maximum Gasteiger partial charge on any atom is 0.164 e. The lowest BCUT2D eigenvalue weighted by Gasteiger charge is -2.61. The molecule has 0 aliphatic heterocycles. The predicted octanol–water partition coefficient (Wildman–Crippen LogP) is 4.23. The van der Waals surface area contributed by atoms with Crippen molar-refractivity contribution in [3.05, 3.63) is 12.7 Å². The first-order chi connectivity index (χ1) is 10.4. The summed E-state index contributed by atoms with van der Waals surface area (Å²) in [5.41, 5.74) is -0.558. The average molecular weight is 304 g/mol. The van der Waals surface area contributed by atoms with E-state index in [4.69, 9.17) is 0 Å².